The summed E-state index contributed by atoms with van der Waals surface area (Å²) in [6.45, 7) is 15.7. The molecular weight excluding hydrogens is 266 g/mol. The number of hydrogen-bond donors (Lipinski definition) is 0. The van der Waals surface area contributed by atoms with Gasteiger partial charge in [0.2, 0.25) is 5.69 Å². The topological polar surface area (TPSA) is 3.88 Å². The first-order valence-corrected chi connectivity index (χ1v) is 8.16. The highest BCUT2D eigenvalue weighted by Crippen LogP contribution is 2.29. The predicted octanol–water partition coefficient (Wildman–Crippen LogP) is 5.00. The minimum Gasteiger partial charge on any atom is -0.201 e. The molecule has 0 bridgehead atoms. The third kappa shape index (κ3) is 3.58. The molecule has 0 fully saturated rings. The molecule has 118 valence electrons. The molecule has 0 atom stereocenters. The van der Waals surface area contributed by atoms with E-state index in [1.165, 1.54) is 39.1 Å². The van der Waals surface area contributed by atoms with Crippen LogP contribution < -0.4 is 4.57 Å². The third-order valence-corrected chi connectivity index (χ3v) is 4.42. The van der Waals surface area contributed by atoms with E-state index in [4.69, 9.17) is 0 Å². The van der Waals surface area contributed by atoms with Crippen LogP contribution in [-0.4, -0.2) is 0 Å². The summed E-state index contributed by atoms with van der Waals surface area (Å²) in [6.07, 6.45) is 3.34. The molecule has 22 heavy (non-hydrogen) atoms. The van der Waals surface area contributed by atoms with E-state index in [1.807, 2.05) is 0 Å². The molecule has 0 saturated carbocycles. The fourth-order valence-electron chi connectivity index (χ4n) is 3.09. The van der Waals surface area contributed by atoms with E-state index in [0.29, 0.717) is 5.41 Å². The monoisotopic (exact) mass is 296 g/mol. The quantitative estimate of drug-likeness (QED) is 0.687. The fraction of sp³-hybridized carbons (Fsp3) is 0.476. The first-order chi connectivity index (χ1) is 10.1. The molecule has 0 unspecified atom stereocenters. The lowest BCUT2D eigenvalue weighted by Gasteiger charge is -2.21. The predicted molar refractivity (Wildman–Crippen MR) is 95.2 cm³/mol. The number of aromatic nitrogens is 1. The molecule has 1 nitrogen and oxygen atoms in total. The number of hydrogen-bond acceptors (Lipinski definition) is 0. The zero-order valence-electron chi connectivity index (χ0n) is 15.5. The molecule has 0 amide bonds. The minimum absolute atomic E-state index is 0.308. The van der Waals surface area contributed by atoms with Crippen molar-refractivity contribution in [2.24, 2.45) is 12.5 Å². The van der Waals surface area contributed by atoms with Gasteiger partial charge in [-0.3, -0.25) is 0 Å². The molecule has 0 saturated heterocycles. The zero-order chi connectivity index (χ0) is 16.7. The Labute approximate surface area is 136 Å². The Kier molecular flexibility index (Phi) is 4.47. The smallest absolute Gasteiger partial charge is 0.201 e. The van der Waals surface area contributed by atoms with Crippen molar-refractivity contribution >= 4 is 0 Å². The van der Waals surface area contributed by atoms with Crippen molar-refractivity contribution < 1.29 is 4.57 Å². The van der Waals surface area contributed by atoms with Gasteiger partial charge in [-0.15, -0.1) is 0 Å². The van der Waals surface area contributed by atoms with Crippen molar-refractivity contribution in [3.05, 3.63) is 52.2 Å². The van der Waals surface area contributed by atoms with Crippen molar-refractivity contribution in [3.8, 4) is 11.3 Å². The molecule has 0 spiro atoms. The molecule has 0 aliphatic heterocycles. The molecule has 0 radical (unpaired) electrons. The molecular formula is C21H30N+. The van der Waals surface area contributed by atoms with Gasteiger partial charge < -0.3 is 0 Å². The normalized spacial score (nSPS) is 11.8. The van der Waals surface area contributed by atoms with Crippen LogP contribution in [0.5, 0.6) is 0 Å². The van der Waals surface area contributed by atoms with E-state index in [0.717, 1.165) is 6.42 Å². The summed E-state index contributed by atoms with van der Waals surface area (Å²) in [4.78, 5) is 0. The van der Waals surface area contributed by atoms with Gasteiger partial charge in [-0.2, -0.15) is 0 Å². The van der Waals surface area contributed by atoms with Gasteiger partial charge in [0.05, 0.1) is 0 Å². The second-order valence-corrected chi connectivity index (χ2v) is 7.97. The fourth-order valence-corrected chi connectivity index (χ4v) is 3.09. The van der Waals surface area contributed by atoms with E-state index in [-0.39, 0.29) is 0 Å². The van der Waals surface area contributed by atoms with Gasteiger partial charge in [0.1, 0.15) is 7.05 Å². The lowest BCUT2D eigenvalue weighted by atomic mass is 9.84. The van der Waals surface area contributed by atoms with Crippen molar-refractivity contribution in [1.82, 2.24) is 0 Å². The second-order valence-electron chi connectivity index (χ2n) is 7.97. The molecule has 0 aliphatic carbocycles. The average Bonchev–Trinajstić information content (AvgIpc) is 2.36. The van der Waals surface area contributed by atoms with Crippen LogP contribution in [0.4, 0.5) is 0 Å². The summed E-state index contributed by atoms with van der Waals surface area (Å²) in [5.41, 5.74) is 9.88. The van der Waals surface area contributed by atoms with E-state index in [9.17, 15) is 0 Å². The Bertz CT molecular complexity index is 703. The standard InChI is InChI=1S/C21H30N/c1-14-10-20(22(8)13-17(14)4)19-11-18(12-21(5,6)7)15(2)9-16(19)3/h9-11,13H,12H2,1-8H3/q+1. The number of pyridine rings is 1. The molecule has 1 aromatic carbocycles. The van der Waals surface area contributed by atoms with Gasteiger partial charge in [0.15, 0.2) is 6.20 Å². The summed E-state index contributed by atoms with van der Waals surface area (Å²) < 4.78 is 2.25. The summed E-state index contributed by atoms with van der Waals surface area (Å²) in [7, 11) is 2.14. The first-order valence-electron chi connectivity index (χ1n) is 8.16. The van der Waals surface area contributed by atoms with Gasteiger partial charge in [-0.05, 0) is 67.9 Å². The Morgan fingerprint density at radius 1 is 0.818 bits per heavy atom. The Balaban J connectivity index is 2.61. The van der Waals surface area contributed by atoms with Gasteiger partial charge in [0.25, 0.3) is 0 Å². The van der Waals surface area contributed by atoms with Gasteiger partial charge >= 0.3 is 0 Å². The molecule has 0 N–H and O–H groups in total. The average molecular weight is 296 g/mol. The minimum atomic E-state index is 0.308. The first kappa shape index (κ1) is 16.7. The van der Waals surface area contributed by atoms with Gasteiger partial charge in [-0.1, -0.05) is 26.8 Å². The highest BCUT2D eigenvalue weighted by molar-refractivity contribution is 5.64. The molecule has 1 heteroatoms. The summed E-state index contributed by atoms with van der Waals surface area (Å²) in [5.74, 6) is 0. The van der Waals surface area contributed by atoms with E-state index >= 15 is 0 Å². The van der Waals surface area contributed by atoms with Crippen LogP contribution in [0.2, 0.25) is 0 Å². The molecule has 2 rings (SSSR count). The lowest BCUT2D eigenvalue weighted by molar-refractivity contribution is -0.660. The highest BCUT2D eigenvalue weighted by Gasteiger charge is 2.18. The molecule has 1 heterocycles. The van der Waals surface area contributed by atoms with Gasteiger partial charge in [-0.25, -0.2) is 4.57 Å². The van der Waals surface area contributed by atoms with Crippen LogP contribution in [-0.2, 0) is 13.5 Å². The number of nitrogens with zero attached hydrogens (tertiary/aromatic N) is 1. The number of rotatable bonds is 2. The van der Waals surface area contributed by atoms with Crippen LogP contribution in [0.25, 0.3) is 11.3 Å². The highest BCUT2D eigenvalue weighted by atomic mass is 14.9. The van der Waals surface area contributed by atoms with E-state index in [1.54, 1.807) is 0 Å². The Morgan fingerprint density at radius 3 is 2.05 bits per heavy atom. The van der Waals surface area contributed by atoms with Crippen LogP contribution in [0.3, 0.4) is 0 Å². The van der Waals surface area contributed by atoms with Crippen LogP contribution in [0.1, 0.15) is 48.6 Å². The largest absolute Gasteiger partial charge is 0.212 e. The second kappa shape index (κ2) is 5.87. The number of benzene rings is 1. The third-order valence-electron chi connectivity index (χ3n) is 4.42. The zero-order valence-corrected chi connectivity index (χ0v) is 15.5. The molecule has 2 aromatic rings. The summed E-state index contributed by atoms with van der Waals surface area (Å²) >= 11 is 0. The van der Waals surface area contributed by atoms with Crippen LogP contribution in [0.15, 0.2) is 24.4 Å². The van der Waals surface area contributed by atoms with Gasteiger partial charge in [0, 0.05) is 17.2 Å². The van der Waals surface area contributed by atoms with E-state index in [2.05, 4.69) is 84.5 Å². The van der Waals surface area contributed by atoms with Crippen molar-refractivity contribution in [1.29, 1.82) is 0 Å². The van der Waals surface area contributed by atoms with Crippen molar-refractivity contribution in [3.63, 3.8) is 0 Å². The maximum Gasteiger partial charge on any atom is 0.212 e. The molecule has 0 aliphatic rings. The van der Waals surface area contributed by atoms with E-state index < -0.39 is 0 Å². The van der Waals surface area contributed by atoms with Crippen LogP contribution in [0, 0.1) is 33.1 Å². The maximum atomic E-state index is 2.40. The number of aryl methyl sites for hydroxylation is 5. The van der Waals surface area contributed by atoms with Crippen LogP contribution >= 0.6 is 0 Å². The summed E-state index contributed by atoms with van der Waals surface area (Å²) in [6, 6.07) is 7.06. The Hall–Kier alpha value is -1.63. The Morgan fingerprint density at radius 2 is 1.45 bits per heavy atom. The lowest BCUT2D eigenvalue weighted by Crippen LogP contribution is -2.31. The molecule has 1 aromatic heterocycles. The SMILES string of the molecule is Cc1cc(-c2cc(CC(C)(C)C)c(C)cc2C)[n+](C)cc1C. The summed E-state index contributed by atoms with van der Waals surface area (Å²) in [5, 5.41) is 0. The van der Waals surface area contributed by atoms with Crippen molar-refractivity contribution in [2.45, 2.75) is 54.9 Å². The maximum absolute atomic E-state index is 2.40. The van der Waals surface area contributed by atoms with Crippen molar-refractivity contribution in [2.75, 3.05) is 0 Å².